The standard InChI is InChI=1S/C12H23NO3/c1-12(2,3)16-8-7-13-6-4-5-10(13)9-11(14)15/h10H,4-9H2,1-3H3,(H,14,15). The molecule has 1 aliphatic rings. The molecule has 1 aliphatic heterocycles. The first-order valence-electron chi connectivity index (χ1n) is 5.98. The zero-order chi connectivity index (χ0) is 12.2. The second kappa shape index (κ2) is 5.64. The Morgan fingerprint density at radius 1 is 1.50 bits per heavy atom. The number of hydrogen-bond donors (Lipinski definition) is 1. The predicted molar refractivity (Wildman–Crippen MR) is 62.6 cm³/mol. The van der Waals surface area contributed by atoms with Crippen molar-refractivity contribution in [3.05, 3.63) is 0 Å². The zero-order valence-electron chi connectivity index (χ0n) is 10.5. The van der Waals surface area contributed by atoms with Gasteiger partial charge >= 0.3 is 5.97 Å². The summed E-state index contributed by atoms with van der Waals surface area (Å²) < 4.78 is 5.66. The van der Waals surface area contributed by atoms with E-state index in [-0.39, 0.29) is 18.1 Å². The van der Waals surface area contributed by atoms with Crippen LogP contribution in [0.25, 0.3) is 0 Å². The largest absolute Gasteiger partial charge is 0.481 e. The Bertz CT molecular complexity index is 235. The third-order valence-corrected chi connectivity index (χ3v) is 2.82. The molecule has 1 heterocycles. The van der Waals surface area contributed by atoms with Gasteiger partial charge < -0.3 is 9.84 Å². The Labute approximate surface area is 97.6 Å². The van der Waals surface area contributed by atoms with Gasteiger partial charge in [-0.2, -0.15) is 0 Å². The maximum absolute atomic E-state index is 10.7. The molecule has 4 nitrogen and oxygen atoms in total. The van der Waals surface area contributed by atoms with Crippen LogP contribution >= 0.6 is 0 Å². The molecule has 0 amide bonds. The molecule has 1 atom stereocenters. The van der Waals surface area contributed by atoms with Crippen LogP contribution in [-0.4, -0.2) is 47.3 Å². The molecule has 0 saturated carbocycles. The quantitative estimate of drug-likeness (QED) is 0.780. The molecule has 0 aliphatic carbocycles. The highest BCUT2D eigenvalue weighted by Gasteiger charge is 2.26. The molecule has 0 aromatic heterocycles. The fourth-order valence-electron chi connectivity index (χ4n) is 2.09. The van der Waals surface area contributed by atoms with E-state index in [1.165, 1.54) is 0 Å². The summed E-state index contributed by atoms with van der Waals surface area (Å²) >= 11 is 0. The monoisotopic (exact) mass is 229 g/mol. The van der Waals surface area contributed by atoms with Crippen LogP contribution in [0, 0.1) is 0 Å². The Morgan fingerprint density at radius 2 is 2.19 bits per heavy atom. The van der Waals surface area contributed by atoms with Gasteiger partial charge in [0.05, 0.1) is 18.6 Å². The molecule has 0 aromatic carbocycles. The average Bonchev–Trinajstić information content (AvgIpc) is 2.49. The Kier molecular flexibility index (Phi) is 4.74. The Morgan fingerprint density at radius 3 is 2.75 bits per heavy atom. The van der Waals surface area contributed by atoms with Crippen molar-refractivity contribution in [2.75, 3.05) is 19.7 Å². The fraction of sp³-hybridized carbons (Fsp3) is 0.917. The van der Waals surface area contributed by atoms with E-state index in [1.54, 1.807) is 0 Å². The highest BCUT2D eigenvalue weighted by atomic mass is 16.5. The summed E-state index contributed by atoms with van der Waals surface area (Å²) in [4.78, 5) is 12.9. The number of carbonyl (C=O) groups is 1. The SMILES string of the molecule is CC(C)(C)OCCN1CCCC1CC(=O)O. The smallest absolute Gasteiger partial charge is 0.304 e. The van der Waals surface area contributed by atoms with Gasteiger partial charge in [-0.1, -0.05) is 0 Å². The van der Waals surface area contributed by atoms with E-state index in [2.05, 4.69) is 4.90 Å². The van der Waals surface area contributed by atoms with Crippen molar-refractivity contribution in [1.29, 1.82) is 0 Å². The minimum Gasteiger partial charge on any atom is -0.481 e. The van der Waals surface area contributed by atoms with Crippen molar-refractivity contribution >= 4 is 5.97 Å². The van der Waals surface area contributed by atoms with E-state index in [0.717, 1.165) is 25.9 Å². The van der Waals surface area contributed by atoms with E-state index in [4.69, 9.17) is 9.84 Å². The third kappa shape index (κ3) is 4.94. The van der Waals surface area contributed by atoms with Gasteiger partial charge in [-0.05, 0) is 40.2 Å². The lowest BCUT2D eigenvalue weighted by atomic mass is 10.1. The van der Waals surface area contributed by atoms with Gasteiger partial charge in [-0.25, -0.2) is 0 Å². The molecule has 1 saturated heterocycles. The topological polar surface area (TPSA) is 49.8 Å². The molecule has 94 valence electrons. The van der Waals surface area contributed by atoms with Gasteiger partial charge in [0.1, 0.15) is 0 Å². The van der Waals surface area contributed by atoms with E-state index in [0.29, 0.717) is 6.61 Å². The van der Waals surface area contributed by atoms with E-state index in [9.17, 15) is 4.79 Å². The van der Waals surface area contributed by atoms with Crippen LogP contribution in [0.2, 0.25) is 0 Å². The van der Waals surface area contributed by atoms with Gasteiger partial charge in [-0.3, -0.25) is 9.69 Å². The molecule has 1 rings (SSSR count). The molecular weight excluding hydrogens is 206 g/mol. The molecule has 0 aromatic rings. The van der Waals surface area contributed by atoms with Crippen molar-refractivity contribution in [1.82, 2.24) is 4.90 Å². The summed E-state index contributed by atoms with van der Waals surface area (Å²) in [6.45, 7) is 8.63. The van der Waals surface area contributed by atoms with Crippen molar-refractivity contribution in [3.63, 3.8) is 0 Å². The highest BCUT2D eigenvalue weighted by molar-refractivity contribution is 5.67. The molecule has 4 heteroatoms. The van der Waals surface area contributed by atoms with E-state index in [1.807, 2.05) is 20.8 Å². The second-order valence-electron chi connectivity index (χ2n) is 5.39. The summed E-state index contributed by atoms with van der Waals surface area (Å²) in [5, 5.41) is 8.79. The number of aliphatic carboxylic acids is 1. The van der Waals surface area contributed by atoms with Gasteiger partial charge in [-0.15, -0.1) is 0 Å². The number of ether oxygens (including phenoxy) is 1. The summed E-state index contributed by atoms with van der Waals surface area (Å²) in [7, 11) is 0. The first-order chi connectivity index (χ1) is 7.38. The fourth-order valence-corrected chi connectivity index (χ4v) is 2.09. The number of carboxylic acid groups (broad SMARTS) is 1. The first kappa shape index (κ1) is 13.5. The minimum atomic E-state index is -0.700. The average molecular weight is 229 g/mol. The number of carboxylic acids is 1. The lowest BCUT2D eigenvalue weighted by molar-refractivity contribution is -0.138. The van der Waals surface area contributed by atoms with Crippen molar-refractivity contribution in [2.45, 2.75) is 51.7 Å². The highest BCUT2D eigenvalue weighted by Crippen LogP contribution is 2.20. The predicted octanol–water partition coefficient (Wildman–Crippen LogP) is 1.74. The lowest BCUT2D eigenvalue weighted by Crippen LogP contribution is -2.35. The summed E-state index contributed by atoms with van der Waals surface area (Å²) in [5.41, 5.74) is -0.109. The van der Waals surface area contributed by atoms with Crippen LogP contribution in [0.3, 0.4) is 0 Å². The molecule has 0 spiro atoms. The number of nitrogens with zero attached hydrogens (tertiary/aromatic N) is 1. The maximum atomic E-state index is 10.7. The number of hydrogen-bond acceptors (Lipinski definition) is 3. The van der Waals surface area contributed by atoms with Gasteiger partial charge in [0.15, 0.2) is 0 Å². The van der Waals surface area contributed by atoms with E-state index < -0.39 is 5.97 Å². The van der Waals surface area contributed by atoms with Gasteiger partial charge in [0.2, 0.25) is 0 Å². The lowest BCUT2D eigenvalue weighted by Gasteiger charge is -2.26. The van der Waals surface area contributed by atoms with Crippen molar-refractivity contribution in [3.8, 4) is 0 Å². The molecular formula is C12H23NO3. The van der Waals surface area contributed by atoms with Crippen LogP contribution in [0.5, 0.6) is 0 Å². The molecule has 1 unspecified atom stereocenters. The van der Waals surface area contributed by atoms with Gasteiger partial charge in [0.25, 0.3) is 0 Å². The first-order valence-corrected chi connectivity index (χ1v) is 5.98. The van der Waals surface area contributed by atoms with Crippen LogP contribution < -0.4 is 0 Å². The van der Waals surface area contributed by atoms with Crippen LogP contribution in [-0.2, 0) is 9.53 Å². The normalized spacial score (nSPS) is 22.6. The van der Waals surface area contributed by atoms with E-state index >= 15 is 0 Å². The van der Waals surface area contributed by atoms with Gasteiger partial charge in [0, 0.05) is 12.6 Å². The van der Waals surface area contributed by atoms with Crippen molar-refractivity contribution < 1.29 is 14.6 Å². The molecule has 1 fully saturated rings. The zero-order valence-corrected chi connectivity index (χ0v) is 10.5. The molecule has 0 bridgehead atoms. The van der Waals surface area contributed by atoms with Crippen LogP contribution in [0.4, 0.5) is 0 Å². The second-order valence-corrected chi connectivity index (χ2v) is 5.39. The summed E-state index contributed by atoms with van der Waals surface area (Å²) in [5.74, 6) is -0.700. The van der Waals surface area contributed by atoms with Crippen LogP contribution in [0.1, 0.15) is 40.0 Å². The summed E-state index contributed by atoms with van der Waals surface area (Å²) in [6, 6.07) is 0.209. The number of likely N-dealkylation sites (tertiary alicyclic amines) is 1. The Hall–Kier alpha value is -0.610. The third-order valence-electron chi connectivity index (χ3n) is 2.82. The molecule has 1 N–H and O–H groups in total. The Balaban J connectivity index is 2.27. The molecule has 0 radical (unpaired) electrons. The van der Waals surface area contributed by atoms with Crippen LogP contribution in [0.15, 0.2) is 0 Å². The maximum Gasteiger partial charge on any atom is 0.304 e. The summed E-state index contributed by atoms with van der Waals surface area (Å²) in [6.07, 6.45) is 2.37. The molecule has 16 heavy (non-hydrogen) atoms. The number of rotatable bonds is 5. The minimum absolute atomic E-state index is 0.109. The van der Waals surface area contributed by atoms with Crippen molar-refractivity contribution in [2.24, 2.45) is 0 Å².